The Morgan fingerprint density at radius 1 is 1.47 bits per heavy atom. The van der Waals surface area contributed by atoms with Crippen molar-refractivity contribution < 1.29 is 13.3 Å². The van der Waals surface area contributed by atoms with Crippen LogP contribution in [0.4, 0.5) is 5.69 Å². The lowest BCUT2D eigenvalue weighted by Gasteiger charge is -2.07. The highest BCUT2D eigenvalue weighted by atomic mass is 79.9. The molecule has 0 saturated carbocycles. The van der Waals surface area contributed by atoms with Crippen molar-refractivity contribution in [2.45, 2.75) is 23.1 Å². The number of sulfone groups is 1. The molecule has 1 unspecified atom stereocenters. The van der Waals surface area contributed by atoms with Crippen molar-refractivity contribution >= 4 is 31.5 Å². The summed E-state index contributed by atoms with van der Waals surface area (Å²) in [5.41, 5.74) is 0.101. The number of nitro benzene ring substituents is 1. The summed E-state index contributed by atoms with van der Waals surface area (Å²) in [4.78, 5) is 10.2. The Hall–Kier alpha value is -0.950. The summed E-state index contributed by atoms with van der Waals surface area (Å²) < 4.78 is 23.0. The minimum atomic E-state index is -3.59. The molecule has 0 aliphatic heterocycles. The number of nitrogens with zero attached hydrogens (tertiary/aromatic N) is 1. The molecule has 17 heavy (non-hydrogen) atoms. The van der Waals surface area contributed by atoms with Crippen molar-refractivity contribution in [1.29, 1.82) is 0 Å². The molecular formula is C10H12BrNO4S. The minimum Gasteiger partial charge on any atom is -0.258 e. The second-order valence-electron chi connectivity index (χ2n) is 3.78. The second-order valence-corrected chi connectivity index (χ2v) is 7.33. The third kappa shape index (κ3) is 3.50. The monoisotopic (exact) mass is 321 g/mol. The van der Waals surface area contributed by atoms with Crippen LogP contribution in [0.2, 0.25) is 0 Å². The van der Waals surface area contributed by atoms with E-state index < -0.39 is 14.8 Å². The van der Waals surface area contributed by atoms with Gasteiger partial charge in [0.15, 0.2) is 9.84 Å². The number of benzene rings is 1. The summed E-state index contributed by atoms with van der Waals surface area (Å²) in [5.74, 6) is 0. The van der Waals surface area contributed by atoms with Crippen molar-refractivity contribution in [2.75, 3.05) is 6.26 Å². The Balaban J connectivity index is 3.49. The van der Waals surface area contributed by atoms with Crippen molar-refractivity contribution in [2.24, 2.45) is 0 Å². The molecule has 0 heterocycles. The molecule has 94 valence electrons. The molecule has 0 saturated heterocycles. The molecule has 1 aromatic rings. The van der Waals surface area contributed by atoms with E-state index in [-0.39, 0.29) is 15.4 Å². The molecule has 0 N–H and O–H groups in total. The molecule has 1 aromatic carbocycles. The Morgan fingerprint density at radius 3 is 2.47 bits per heavy atom. The van der Waals surface area contributed by atoms with Crippen molar-refractivity contribution in [3.63, 3.8) is 0 Å². The number of para-hydroxylation sites is 1. The molecule has 0 aliphatic carbocycles. The van der Waals surface area contributed by atoms with Crippen molar-refractivity contribution in [1.82, 2.24) is 0 Å². The van der Waals surface area contributed by atoms with Gasteiger partial charge in [0.25, 0.3) is 5.69 Å². The number of halogens is 1. The molecular weight excluding hydrogens is 310 g/mol. The van der Waals surface area contributed by atoms with Crippen molar-refractivity contribution in [3.05, 3.63) is 33.9 Å². The number of hydrogen-bond donors (Lipinski definition) is 0. The maximum absolute atomic E-state index is 11.5. The summed E-state index contributed by atoms with van der Waals surface area (Å²) >= 11 is 3.30. The van der Waals surface area contributed by atoms with Gasteiger partial charge in [-0.05, 0) is 12.5 Å². The molecule has 7 heteroatoms. The van der Waals surface area contributed by atoms with E-state index >= 15 is 0 Å². The number of alkyl halides is 1. The average molecular weight is 322 g/mol. The summed E-state index contributed by atoms with van der Waals surface area (Å²) in [6.07, 6.45) is 1.37. The highest BCUT2D eigenvalue weighted by Gasteiger charge is 2.26. The van der Waals surface area contributed by atoms with E-state index in [2.05, 4.69) is 15.9 Å². The van der Waals surface area contributed by atoms with Gasteiger partial charge in [-0.15, -0.1) is 0 Å². The molecule has 0 fully saturated rings. The lowest BCUT2D eigenvalue weighted by Crippen LogP contribution is -2.07. The topological polar surface area (TPSA) is 77.3 Å². The van der Waals surface area contributed by atoms with E-state index in [4.69, 9.17) is 0 Å². The first kappa shape index (κ1) is 14.1. The maximum Gasteiger partial charge on any atom is 0.291 e. The quantitative estimate of drug-likeness (QED) is 0.484. The minimum absolute atomic E-state index is 0.0380. The fourth-order valence-corrected chi connectivity index (χ4v) is 2.77. The van der Waals surface area contributed by atoms with E-state index in [0.29, 0.717) is 12.0 Å². The Morgan fingerprint density at radius 2 is 2.06 bits per heavy atom. The zero-order chi connectivity index (χ0) is 13.2. The summed E-state index contributed by atoms with van der Waals surface area (Å²) in [6, 6.07) is 4.36. The molecule has 0 bridgehead atoms. The third-order valence-corrected chi connectivity index (χ3v) is 3.62. The zero-order valence-corrected chi connectivity index (χ0v) is 11.8. The first-order valence-corrected chi connectivity index (χ1v) is 7.64. The number of rotatable bonds is 4. The Bertz CT molecular complexity index is 539. The van der Waals surface area contributed by atoms with E-state index in [1.54, 1.807) is 6.07 Å². The van der Waals surface area contributed by atoms with Crippen LogP contribution >= 0.6 is 15.9 Å². The lowest BCUT2D eigenvalue weighted by atomic mass is 10.1. The number of nitro groups is 1. The van der Waals surface area contributed by atoms with Crippen LogP contribution in [0.1, 0.15) is 12.5 Å². The van der Waals surface area contributed by atoms with Crippen LogP contribution in [0.5, 0.6) is 0 Å². The molecule has 1 atom stereocenters. The standard InChI is InChI=1S/C10H12BrNO4S/c1-7(11)6-8-4-3-5-9(17(2,15)16)10(8)12(13)14/h3-5,7H,6H2,1-2H3. The van der Waals surface area contributed by atoms with Crippen LogP contribution in [0.3, 0.4) is 0 Å². The number of hydrogen-bond acceptors (Lipinski definition) is 4. The van der Waals surface area contributed by atoms with Crippen LogP contribution in [0.15, 0.2) is 23.1 Å². The first-order valence-electron chi connectivity index (χ1n) is 4.84. The molecule has 0 aromatic heterocycles. The predicted molar refractivity (Wildman–Crippen MR) is 68.3 cm³/mol. The molecule has 1 rings (SSSR count). The largest absolute Gasteiger partial charge is 0.291 e. The van der Waals surface area contributed by atoms with Gasteiger partial charge >= 0.3 is 0 Å². The maximum atomic E-state index is 11.5. The summed E-state index contributed by atoms with van der Waals surface area (Å²) in [7, 11) is -3.59. The van der Waals surface area contributed by atoms with Gasteiger partial charge in [0.1, 0.15) is 4.90 Å². The van der Waals surface area contributed by atoms with Gasteiger partial charge in [-0.3, -0.25) is 10.1 Å². The summed E-state index contributed by atoms with van der Waals surface area (Å²) in [5, 5.41) is 11.0. The summed E-state index contributed by atoms with van der Waals surface area (Å²) in [6.45, 7) is 1.84. The Kier molecular flexibility index (Phi) is 4.26. The Labute approximate surface area is 108 Å². The van der Waals surface area contributed by atoms with Crippen LogP contribution in [-0.2, 0) is 16.3 Å². The normalized spacial score (nSPS) is 13.4. The lowest BCUT2D eigenvalue weighted by molar-refractivity contribution is -0.388. The van der Waals surface area contributed by atoms with E-state index in [1.807, 2.05) is 6.92 Å². The van der Waals surface area contributed by atoms with Gasteiger partial charge in [0, 0.05) is 16.6 Å². The van der Waals surface area contributed by atoms with E-state index in [1.165, 1.54) is 12.1 Å². The van der Waals surface area contributed by atoms with Crippen LogP contribution in [0, 0.1) is 10.1 Å². The molecule has 0 spiro atoms. The molecule has 0 radical (unpaired) electrons. The fourth-order valence-electron chi connectivity index (χ4n) is 1.54. The SMILES string of the molecule is CC(Br)Cc1cccc(S(C)(=O)=O)c1[N+](=O)[O-]. The van der Waals surface area contributed by atoms with Gasteiger partial charge in [0.2, 0.25) is 0 Å². The second kappa shape index (κ2) is 5.14. The highest BCUT2D eigenvalue weighted by molar-refractivity contribution is 9.09. The smallest absolute Gasteiger partial charge is 0.258 e. The highest BCUT2D eigenvalue weighted by Crippen LogP contribution is 2.29. The first-order chi connectivity index (χ1) is 7.73. The van der Waals surface area contributed by atoms with Gasteiger partial charge in [0.05, 0.1) is 4.92 Å². The van der Waals surface area contributed by atoms with Crippen LogP contribution in [0.25, 0.3) is 0 Å². The van der Waals surface area contributed by atoms with Crippen LogP contribution in [-0.4, -0.2) is 24.4 Å². The van der Waals surface area contributed by atoms with E-state index in [0.717, 1.165) is 6.26 Å². The zero-order valence-electron chi connectivity index (χ0n) is 9.38. The fraction of sp³-hybridized carbons (Fsp3) is 0.400. The molecule has 0 amide bonds. The van der Waals surface area contributed by atoms with Gasteiger partial charge in [-0.1, -0.05) is 35.0 Å². The molecule has 0 aliphatic rings. The third-order valence-electron chi connectivity index (χ3n) is 2.17. The van der Waals surface area contributed by atoms with Gasteiger partial charge in [-0.25, -0.2) is 8.42 Å². The molecule has 5 nitrogen and oxygen atoms in total. The average Bonchev–Trinajstić information content (AvgIpc) is 2.14. The van der Waals surface area contributed by atoms with E-state index in [9.17, 15) is 18.5 Å². The van der Waals surface area contributed by atoms with Crippen molar-refractivity contribution in [3.8, 4) is 0 Å². The predicted octanol–water partition coefficient (Wildman–Crippen LogP) is 2.32. The van der Waals surface area contributed by atoms with Crippen LogP contribution < -0.4 is 0 Å². The van der Waals surface area contributed by atoms with Gasteiger partial charge < -0.3 is 0 Å². The van der Waals surface area contributed by atoms with Gasteiger partial charge in [-0.2, -0.15) is 0 Å².